The number of hydrogen-bond acceptors (Lipinski definition) is 4. The molecule has 0 spiro atoms. The quantitative estimate of drug-likeness (QED) is 0.805. The van der Waals surface area contributed by atoms with E-state index in [0.29, 0.717) is 31.5 Å². The molecule has 0 unspecified atom stereocenters. The highest BCUT2D eigenvalue weighted by Crippen LogP contribution is 2.22. The summed E-state index contributed by atoms with van der Waals surface area (Å²) in [4.78, 5) is 31.3. The Kier molecular flexibility index (Phi) is 5.86. The summed E-state index contributed by atoms with van der Waals surface area (Å²) >= 11 is 5.00. The van der Waals surface area contributed by atoms with Crippen molar-refractivity contribution in [3.8, 4) is 0 Å². The number of amides is 2. The zero-order valence-electron chi connectivity index (χ0n) is 14.0. The van der Waals surface area contributed by atoms with Gasteiger partial charge in [-0.25, -0.2) is 4.98 Å². The van der Waals surface area contributed by atoms with E-state index in [9.17, 15) is 9.59 Å². The van der Waals surface area contributed by atoms with Crippen LogP contribution in [-0.4, -0.2) is 40.8 Å². The predicted molar refractivity (Wildman–Crippen MR) is 102 cm³/mol. The van der Waals surface area contributed by atoms with Crippen molar-refractivity contribution in [3.05, 3.63) is 50.4 Å². The molecule has 3 rings (SSSR count). The zero-order valence-corrected chi connectivity index (χ0v) is 16.4. The molecule has 0 bridgehead atoms. The molecule has 1 aromatic heterocycles. The number of carbonyl (C=O) groups is 2. The Bertz CT molecular complexity index is 777. The monoisotopic (exact) mass is 421 g/mol. The minimum atomic E-state index is -0.386. The first-order chi connectivity index (χ1) is 12.0. The minimum Gasteiger partial charge on any atom is -0.354 e. The van der Waals surface area contributed by atoms with E-state index >= 15 is 0 Å². The van der Waals surface area contributed by atoms with E-state index in [-0.39, 0.29) is 17.9 Å². The smallest absolute Gasteiger partial charge is 0.254 e. The highest BCUT2D eigenvalue weighted by molar-refractivity contribution is 9.10. The Morgan fingerprint density at radius 3 is 3.00 bits per heavy atom. The van der Waals surface area contributed by atoms with Crippen LogP contribution in [0.15, 0.2) is 34.1 Å². The lowest BCUT2D eigenvalue weighted by Crippen LogP contribution is -2.46. The third-order valence-corrected chi connectivity index (χ3v) is 5.55. The maximum atomic E-state index is 12.7. The molecule has 1 aromatic carbocycles. The molecule has 2 heterocycles. The molecule has 5 nitrogen and oxygen atoms in total. The molecule has 0 radical (unpaired) electrons. The van der Waals surface area contributed by atoms with E-state index in [1.165, 1.54) is 0 Å². The van der Waals surface area contributed by atoms with Crippen molar-refractivity contribution >= 4 is 39.1 Å². The third-order valence-electron chi connectivity index (χ3n) is 4.23. The Balaban J connectivity index is 1.58. The number of aromatic nitrogens is 1. The van der Waals surface area contributed by atoms with E-state index in [2.05, 4.69) is 26.2 Å². The van der Waals surface area contributed by atoms with Crippen LogP contribution in [0.3, 0.4) is 0 Å². The fraction of sp³-hybridized carbons (Fsp3) is 0.389. The summed E-state index contributed by atoms with van der Waals surface area (Å²) < 4.78 is 0.858. The second kappa shape index (κ2) is 8.10. The molecule has 1 saturated heterocycles. The molecule has 132 valence electrons. The van der Waals surface area contributed by atoms with Crippen molar-refractivity contribution in [2.45, 2.75) is 32.2 Å². The summed E-state index contributed by atoms with van der Waals surface area (Å²) in [7, 11) is 0. The summed E-state index contributed by atoms with van der Waals surface area (Å²) in [5.41, 5.74) is 1.60. The Labute approximate surface area is 159 Å². The summed E-state index contributed by atoms with van der Waals surface area (Å²) in [5.74, 6) is -0.165. The molecular weight excluding hydrogens is 402 g/mol. The van der Waals surface area contributed by atoms with Crippen LogP contribution in [0.2, 0.25) is 0 Å². The minimum absolute atomic E-state index is 0.0761. The van der Waals surface area contributed by atoms with E-state index in [0.717, 1.165) is 21.6 Å². The molecule has 1 aliphatic heterocycles. The fourth-order valence-electron chi connectivity index (χ4n) is 3.02. The average Bonchev–Trinajstić information content (AvgIpc) is 3.23. The predicted octanol–water partition coefficient (Wildman–Crippen LogP) is 3.18. The SMILES string of the molecule is Cc1nc(CCNC(=O)[C@H]2CCCN2C(=O)c2cccc(Br)c2)cs1. The summed E-state index contributed by atoms with van der Waals surface area (Å²) in [6.07, 6.45) is 2.27. The van der Waals surface area contributed by atoms with Gasteiger partial charge in [0.1, 0.15) is 6.04 Å². The van der Waals surface area contributed by atoms with Gasteiger partial charge in [0.05, 0.1) is 10.7 Å². The number of hydrogen-bond donors (Lipinski definition) is 1. The molecule has 0 saturated carbocycles. The molecule has 1 atom stereocenters. The number of likely N-dealkylation sites (tertiary alicyclic amines) is 1. The van der Waals surface area contributed by atoms with Crippen molar-refractivity contribution in [3.63, 3.8) is 0 Å². The molecule has 2 aromatic rings. The van der Waals surface area contributed by atoms with Crippen molar-refractivity contribution in [2.75, 3.05) is 13.1 Å². The molecule has 25 heavy (non-hydrogen) atoms. The van der Waals surface area contributed by atoms with Crippen LogP contribution in [-0.2, 0) is 11.2 Å². The van der Waals surface area contributed by atoms with Gasteiger partial charge in [-0.1, -0.05) is 22.0 Å². The van der Waals surface area contributed by atoms with Gasteiger partial charge in [0.25, 0.3) is 5.91 Å². The lowest BCUT2D eigenvalue weighted by atomic mass is 10.1. The van der Waals surface area contributed by atoms with E-state index in [1.807, 2.05) is 24.4 Å². The van der Waals surface area contributed by atoms with E-state index < -0.39 is 0 Å². The normalized spacial score (nSPS) is 16.9. The Morgan fingerprint density at radius 1 is 1.44 bits per heavy atom. The number of halogens is 1. The molecule has 0 aliphatic carbocycles. The summed E-state index contributed by atoms with van der Waals surface area (Å²) in [6.45, 7) is 3.13. The maximum absolute atomic E-state index is 12.7. The molecule has 1 N–H and O–H groups in total. The van der Waals surface area contributed by atoms with Crippen LogP contribution in [0.25, 0.3) is 0 Å². The number of aryl methyl sites for hydroxylation is 1. The van der Waals surface area contributed by atoms with Gasteiger partial charge >= 0.3 is 0 Å². The lowest BCUT2D eigenvalue weighted by Gasteiger charge is -2.24. The van der Waals surface area contributed by atoms with Crippen molar-refractivity contribution < 1.29 is 9.59 Å². The highest BCUT2D eigenvalue weighted by atomic mass is 79.9. The van der Waals surface area contributed by atoms with Crippen LogP contribution < -0.4 is 5.32 Å². The van der Waals surface area contributed by atoms with E-state index in [4.69, 9.17) is 0 Å². The maximum Gasteiger partial charge on any atom is 0.254 e. The third kappa shape index (κ3) is 4.46. The van der Waals surface area contributed by atoms with Gasteiger partial charge in [-0.05, 0) is 38.0 Å². The van der Waals surface area contributed by atoms with Gasteiger partial charge in [0.15, 0.2) is 0 Å². The largest absolute Gasteiger partial charge is 0.354 e. The highest BCUT2D eigenvalue weighted by Gasteiger charge is 2.34. The fourth-order valence-corrected chi connectivity index (χ4v) is 4.07. The second-order valence-corrected chi connectivity index (χ2v) is 8.04. The molecular formula is C18H20BrN3O2S. The number of rotatable bonds is 5. The van der Waals surface area contributed by atoms with Crippen LogP contribution in [0.1, 0.15) is 33.9 Å². The van der Waals surface area contributed by atoms with Gasteiger partial charge in [-0.15, -0.1) is 11.3 Å². The number of benzene rings is 1. The number of thiazole rings is 1. The summed E-state index contributed by atoms with van der Waals surface area (Å²) in [6, 6.07) is 6.90. The first kappa shape index (κ1) is 18.1. The van der Waals surface area contributed by atoms with Crippen LogP contribution in [0, 0.1) is 6.92 Å². The standard InChI is InChI=1S/C18H20BrN3O2S/c1-12-21-15(11-25-12)7-8-20-17(23)16-6-3-9-22(16)18(24)13-4-2-5-14(19)10-13/h2,4-5,10-11,16H,3,6-9H2,1H3,(H,20,23)/t16-/m1/s1. The van der Waals surface area contributed by atoms with Crippen molar-refractivity contribution in [1.82, 2.24) is 15.2 Å². The number of carbonyl (C=O) groups excluding carboxylic acids is 2. The molecule has 1 aliphatic rings. The van der Waals surface area contributed by atoms with Gasteiger partial charge in [0, 0.05) is 34.9 Å². The van der Waals surface area contributed by atoms with Gasteiger partial charge in [-0.2, -0.15) is 0 Å². The first-order valence-electron chi connectivity index (χ1n) is 8.30. The molecule has 2 amide bonds. The average molecular weight is 422 g/mol. The van der Waals surface area contributed by atoms with Crippen molar-refractivity contribution in [1.29, 1.82) is 0 Å². The number of nitrogens with one attached hydrogen (secondary N) is 1. The summed E-state index contributed by atoms with van der Waals surface area (Å²) in [5, 5.41) is 6.00. The zero-order chi connectivity index (χ0) is 17.8. The van der Waals surface area contributed by atoms with Crippen LogP contribution in [0.4, 0.5) is 0 Å². The molecule has 7 heteroatoms. The molecule has 1 fully saturated rings. The van der Waals surface area contributed by atoms with Gasteiger partial charge in [-0.3, -0.25) is 9.59 Å². The lowest BCUT2D eigenvalue weighted by molar-refractivity contribution is -0.124. The Hall–Kier alpha value is -1.73. The van der Waals surface area contributed by atoms with Crippen molar-refractivity contribution in [2.24, 2.45) is 0 Å². The van der Waals surface area contributed by atoms with Crippen LogP contribution in [0.5, 0.6) is 0 Å². The second-order valence-electron chi connectivity index (χ2n) is 6.07. The topological polar surface area (TPSA) is 62.3 Å². The number of nitrogens with zero attached hydrogens (tertiary/aromatic N) is 2. The Morgan fingerprint density at radius 2 is 2.28 bits per heavy atom. The van der Waals surface area contributed by atoms with Crippen LogP contribution >= 0.6 is 27.3 Å². The van der Waals surface area contributed by atoms with E-state index in [1.54, 1.807) is 28.4 Å². The van der Waals surface area contributed by atoms with Gasteiger partial charge in [0.2, 0.25) is 5.91 Å². The van der Waals surface area contributed by atoms with Gasteiger partial charge < -0.3 is 10.2 Å². The first-order valence-corrected chi connectivity index (χ1v) is 9.97.